The lowest BCUT2D eigenvalue weighted by molar-refractivity contribution is -0.114. The molecule has 4 rings (SSSR count). The van der Waals surface area contributed by atoms with Crippen molar-refractivity contribution in [3.8, 4) is 11.3 Å². The molecule has 1 aromatic heterocycles. The normalized spacial score (nSPS) is 18.0. The summed E-state index contributed by atoms with van der Waals surface area (Å²) in [5, 5.41) is 15.6. The zero-order chi connectivity index (χ0) is 18.8. The van der Waals surface area contributed by atoms with E-state index >= 15 is 0 Å². The molecule has 0 unspecified atom stereocenters. The number of thioether (sulfide) groups is 1. The third-order valence-electron chi connectivity index (χ3n) is 4.21. The summed E-state index contributed by atoms with van der Waals surface area (Å²) in [5.74, 6) is 0.797. The van der Waals surface area contributed by atoms with Crippen molar-refractivity contribution in [2.75, 3.05) is 0 Å². The summed E-state index contributed by atoms with van der Waals surface area (Å²) in [7, 11) is 0. The van der Waals surface area contributed by atoms with Crippen LogP contribution in [0.2, 0.25) is 0 Å². The summed E-state index contributed by atoms with van der Waals surface area (Å²) in [6.45, 7) is 2.12. The van der Waals surface area contributed by atoms with Gasteiger partial charge in [-0.3, -0.25) is 10.2 Å². The van der Waals surface area contributed by atoms with Gasteiger partial charge in [0.25, 0.3) is 5.91 Å². The second-order valence-corrected chi connectivity index (χ2v) is 7.23. The Labute approximate surface area is 161 Å². The van der Waals surface area contributed by atoms with Gasteiger partial charge in [-0.15, -0.1) is 0 Å². The Morgan fingerprint density at radius 3 is 2.81 bits per heavy atom. The van der Waals surface area contributed by atoms with Crippen LogP contribution in [0.15, 0.2) is 62.5 Å². The summed E-state index contributed by atoms with van der Waals surface area (Å²) in [5.41, 5.74) is 1.13. The molecule has 2 aliphatic heterocycles. The molecule has 0 radical (unpaired) electrons. The van der Waals surface area contributed by atoms with Gasteiger partial charge in [0.05, 0.1) is 5.57 Å². The average Bonchev–Trinajstić information content (AvgIpc) is 3.31. The highest BCUT2D eigenvalue weighted by Gasteiger charge is 2.35. The zero-order valence-electron chi connectivity index (χ0n) is 14.8. The number of furan rings is 1. The number of fused-ring (bicyclic) bond motifs is 1. The number of benzene rings is 1. The molecule has 2 aliphatic rings. The highest BCUT2D eigenvalue weighted by molar-refractivity contribution is 8.26. The van der Waals surface area contributed by atoms with Crippen LogP contribution < -0.4 is 0 Å². The van der Waals surface area contributed by atoms with E-state index in [0.29, 0.717) is 16.7 Å². The van der Waals surface area contributed by atoms with E-state index in [1.807, 2.05) is 36.4 Å². The quantitative estimate of drug-likeness (QED) is 0.761. The van der Waals surface area contributed by atoms with Crippen LogP contribution in [-0.2, 0) is 4.79 Å². The smallest absolute Gasteiger partial charge is 0.283 e. The fourth-order valence-corrected chi connectivity index (χ4v) is 3.72. The van der Waals surface area contributed by atoms with Crippen molar-refractivity contribution in [2.45, 2.75) is 26.2 Å². The van der Waals surface area contributed by atoms with Crippen LogP contribution in [0.4, 0.5) is 0 Å². The molecular formula is C20H18N4O2S. The Balaban J connectivity index is 1.60. The molecule has 0 bridgehead atoms. The lowest BCUT2D eigenvalue weighted by Crippen LogP contribution is -2.35. The molecule has 1 N–H and O–H groups in total. The maximum atomic E-state index is 12.4. The van der Waals surface area contributed by atoms with Gasteiger partial charge in [-0.2, -0.15) is 15.1 Å². The van der Waals surface area contributed by atoms with Crippen molar-refractivity contribution in [3.05, 3.63) is 53.8 Å². The summed E-state index contributed by atoms with van der Waals surface area (Å²) in [6, 6.07) is 13.3. The number of hydrogen-bond donors (Lipinski definition) is 1. The van der Waals surface area contributed by atoms with E-state index in [1.54, 1.807) is 12.1 Å². The first-order valence-electron chi connectivity index (χ1n) is 8.80. The van der Waals surface area contributed by atoms with Crippen LogP contribution >= 0.6 is 11.8 Å². The fourth-order valence-electron chi connectivity index (χ4n) is 2.79. The number of unbranched alkanes of at least 4 members (excludes halogenated alkanes) is 1. The number of carbonyl (C=O) groups excluding carboxylic acids is 1. The van der Waals surface area contributed by atoms with Crippen LogP contribution in [0.3, 0.4) is 0 Å². The Morgan fingerprint density at radius 1 is 1.22 bits per heavy atom. The summed E-state index contributed by atoms with van der Waals surface area (Å²) in [4.78, 5) is 16.5. The van der Waals surface area contributed by atoms with Crippen molar-refractivity contribution >= 4 is 39.8 Å². The predicted octanol–water partition coefficient (Wildman–Crippen LogP) is 4.76. The van der Waals surface area contributed by atoms with Crippen LogP contribution in [0.5, 0.6) is 0 Å². The molecule has 7 heteroatoms. The van der Waals surface area contributed by atoms with Crippen molar-refractivity contribution in [1.82, 2.24) is 5.01 Å². The SMILES string of the molecule is CCCCC1=NN2C(=N)C(=Cc3ccc(-c4ccccc4)o3)C(=O)N=C2S1. The van der Waals surface area contributed by atoms with Gasteiger partial charge in [0.15, 0.2) is 5.84 Å². The molecule has 3 heterocycles. The standard InChI is InChI=1S/C20H18N4O2S/c1-2-3-9-17-23-24-18(21)15(19(25)22-20(24)27-17)12-14-10-11-16(26-14)13-7-5-4-6-8-13/h4-8,10-12,21H,2-3,9H2,1H3. The van der Waals surface area contributed by atoms with Gasteiger partial charge in [0.1, 0.15) is 16.6 Å². The Morgan fingerprint density at radius 2 is 2.04 bits per heavy atom. The Bertz CT molecular complexity index is 988. The molecule has 2 aromatic rings. The minimum Gasteiger partial charge on any atom is -0.457 e. The number of nitrogens with zero attached hydrogens (tertiary/aromatic N) is 3. The third kappa shape index (κ3) is 3.50. The first-order valence-corrected chi connectivity index (χ1v) is 9.61. The molecule has 1 aromatic carbocycles. The molecule has 0 atom stereocenters. The van der Waals surface area contributed by atoms with E-state index < -0.39 is 5.91 Å². The van der Waals surface area contributed by atoms with E-state index in [2.05, 4.69) is 17.0 Å². The number of carbonyl (C=O) groups is 1. The number of rotatable bonds is 5. The molecule has 6 nitrogen and oxygen atoms in total. The first-order chi connectivity index (χ1) is 13.2. The van der Waals surface area contributed by atoms with Crippen molar-refractivity contribution in [2.24, 2.45) is 10.1 Å². The molecule has 27 heavy (non-hydrogen) atoms. The predicted molar refractivity (Wildman–Crippen MR) is 109 cm³/mol. The molecule has 0 fully saturated rings. The number of amides is 1. The fraction of sp³-hybridized carbons (Fsp3) is 0.200. The van der Waals surface area contributed by atoms with Gasteiger partial charge in [0.2, 0.25) is 5.17 Å². The average molecular weight is 378 g/mol. The van der Waals surface area contributed by atoms with Crippen molar-refractivity contribution in [1.29, 1.82) is 5.41 Å². The summed E-state index contributed by atoms with van der Waals surface area (Å²) >= 11 is 1.37. The highest BCUT2D eigenvalue weighted by atomic mass is 32.2. The number of nitrogens with one attached hydrogen (secondary N) is 1. The van der Waals surface area contributed by atoms with E-state index in [9.17, 15) is 4.79 Å². The number of aliphatic imine (C=N–C) groups is 1. The van der Waals surface area contributed by atoms with E-state index in [0.717, 1.165) is 29.9 Å². The van der Waals surface area contributed by atoms with Crippen molar-refractivity contribution in [3.63, 3.8) is 0 Å². The molecule has 0 saturated carbocycles. The first kappa shape index (κ1) is 17.5. The molecule has 0 aliphatic carbocycles. The van der Waals surface area contributed by atoms with Gasteiger partial charge in [-0.05, 0) is 42.8 Å². The van der Waals surface area contributed by atoms with Crippen LogP contribution in [0.1, 0.15) is 31.9 Å². The lowest BCUT2D eigenvalue weighted by atomic mass is 10.1. The maximum Gasteiger partial charge on any atom is 0.283 e. The van der Waals surface area contributed by atoms with Gasteiger partial charge in [0, 0.05) is 5.56 Å². The molecule has 0 spiro atoms. The van der Waals surface area contributed by atoms with E-state index in [4.69, 9.17) is 9.83 Å². The highest BCUT2D eigenvalue weighted by Crippen LogP contribution is 2.30. The molecule has 1 amide bonds. The van der Waals surface area contributed by atoms with Crippen LogP contribution in [-0.4, -0.2) is 27.0 Å². The Hall–Kier alpha value is -2.93. The molecular weight excluding hydrogens is 360 g/mol. The minimum atomic E-state index is -0.441. The molecule has 136 valence electrons. The monoisotopic (exact) mass is 378 g/mol. The van der Waals surface area contributed by atoms with E-state index in [-0.39, 0.29) is 11.4 Å². The van der Waals surface area contributed by atoms with Gasteiger partial charge in [-0.25, -0.2) is 0 Å². The maximum absolute atomic E-state index is 12.4. The second-order valence-electron chi connectivity index (χ2n) is 6.19. The van der Waals surface area contributed by atoms with Gasteiger partial charge < -0.3 is 4.42 Å². The summed E-state index contributed by atoms with van der Waals surface area (Å²) < 4.78 is 5.82. The Kier molecular flexibility index (Phi) is 4.77. The largest absolute Gasteiger partial charge is 0.457 e. The van der Waals surface area contributed by atoms with Gasteiger partial charge in [-0.1, -0.05) is 43.7 Å². The number of amidine groups is 2. The van der Waals surface area contributed by atoms with E-state index in [1.165, 1.54) is 16.8 Å². The topological polar surface area (TPSA) is 82.0 Å². The number of hydrazone groups is 1. The van der Waals surface area contributed by atoms with Gasteiger partial charge >= 0.3 is 0 Å². The van der Waals surface area contributed by atoms with Crippen molar-refractivity contribution < 1.29 is 9.21 Å². The van der Waals surface area contributed by atoms with Crippen LogP contribution in [0, 0.1) is 5.41 Å². The lowest BCUT2D eigenvalue weighted by Gasteiger charge is -2.19. The summed E-state index contributed by atoms with van der Waals surface area (Å²) in [6.07, 6.45) is 4.47. The second kappa shape index (κ2) is 7.36. The third-order valence-corrected chi connectivity index (χ3v) is 5.18. The zero-order valence-corrected chi connectivity index (χ0v) is 15.6. The number of hydrogen-bond acceptors (Lipinski definition) is 5. The minimum absolute atomic E-state index is 0.0293. The van der Waals surface area contributed by atoms with Crippen LogP contribution in [0.25, 0.3) is 17.4 Å². The molecule has 0 saturated heterocycles.